The van der Waals surface area contributed by atoms with Gasteiger partial charge in [-0.3, -0.25) is 14.5 Å². The van der Waals surface area contributed by atoms with Crippen LogP contribution >= 0.6 is 0 Å². The minimum absolute atomic E-state index is 0.224. The van der Waals surface area contributed by atoms with E-state index in [9.17, 15) is 14.7 Å². The van der Waals surface area contributed by atoms with Crippen LogP contribution in [0.3, 0.4) is 0 Å². The van der Waals surface area contributed by atoms with Crippen molar-refractivity contribution in [3.63, 3.8) is 0 Å². The molecule has 7 heteroatoms. The van der Waals surface area contributed by atoms with Gasteiger partial charge in [0.15, 0.2) is 0 Å². The van der Waals surface area contributed by atoms with E-state index in [2.05, 4.69) is 4.98 Å². The highest BCUT2D eigenvalue weighted by Crippen LogP contribution is 2.52. The van der Waals surface area contributed by atoms with E-state index in [0.717, 1.165) is 34.2 Å². The molecule has 2 fully saturated rings. The second-order valence-corrected chi connectivity index (χ2v) is 8.39. The Morgan fingerprint density at radius 3 is 2.79 bits per heavy atom. The highest BCUT2D eigenvalue weighted by Gasteiger charge is 2.66. The molecule has 0 saturated carbocycles. The van der Waals surface area contributed by atoms with Gasteiger partial charge in [0.2, 0.25) is 5.91 Å². The van der Waals surface area contributed by atoms with Crippen molar-refractivity contribution in [3.05, 3.63) is 47.2 Å². The zero-order valence-corrected chi connectivity index (χ0v) is 16.8. The van der Waals surface area contributed by atoms with Crippen molar-refractivity contribution in [3.8, 4) is 0 Å². The Hall–Kier alpha value is -2.64. The first-order valence-electron chi connectivity index (χ1n) is 10.0. The van der Waals surface area contributed by atoms with Crippen LogP contribution in [-0.2, 0) is 14.3 Å². The molecule has 7 nitrogen and oxygen atoms in total. The molecule has 152 valence electrons. The molecule has 1 aromatic carbocycles. The normalized spacial score (nSPS) is 31.0. The van der Waals surface area contributed by atoms with Crippen molar-refractivity contribution in [2.75, 3.05) is 13.7 Å². The van der Waals surface area contributed by atoms with Crippen LogP contribution in [-0.4, -0.2) is 57.1 Å². The van der Waals surface area contributed by atoms with Crippen LogP contribution < -0.4 is 0 Å². The van der Waals surface area contributed by atoms with Crippen molar-refractivity contribution in [2.24, 2.45) is 0 Å². The Bertz CT molecular complexity index is 1050. The maximum atomic E-state index is 13.5. The van der Waals surface area contributed by atoms with E-state index >= 15 is 0 Å². The molecule has 0 aliphatic carbocycles. The molecule has 2 aromatic rings. The molecule has 4 heterocycles. The lowest BCUT2D eigenvalue weighted by Gasteiger charge is -2.54. The summed E-state index contributed by atoms with van der Waals surface area (Å²) in [5.41, 5.74) is 1.32. The number of aliphatic hydroxyl groups is 1. The lowest BCUT2D eigenvalue weighted by Crippen LogP contribution is -2.74. The molecule has 2 N–H and O–H groups in total. The number of piperazine rings is 1. The Morgan fingerprint density at radius 2 is 2.07 bits per heavy atom. The number of H-pyrrole nitrogens is 1. The molecule has 2 saturated heterocycles. The Balaban J connectivity index is 1.83. The average Bonchev–Trinajstić information content (AvgIpc) is 3.31. The third-order valence-corrected chi connectivity index (χ3v) is 6.42. The van der Waals surface area contributed by atoms with Crippen LogP contribution in [0.15, 0.2) is 35.9 Å². The van der Waals surface area contributed by atoms with Crippen LogP contribution in [0.4, 0.5) is 0 Å². The van der Waals surface area contributed by atoms with E-state index in [1.165, 1.54) is 16.9 Å². The fraction of sp³-hybridized carbons (Fsp3) is 0.455. The van der Waals surface area contributed by atoms with Crippen LogP contribution in [0, 0.1) is 0 Å². The number of hydrogen-bond acceptors (Lipinski definition) is 4. The van der Waals surface area contributed by atoms with Crippen LogP contribution in [0.1, 0.15) is 50.1 Å². The highest BCUT2D eigenvalue weighted by molar-refractivity contribution is 6.01. The minimum atomic E-state index is -2.08. The average molecular weight is 395 g/mol. The van der Waals surface area contributed by atoms with Crippen LogP contribution in [0.2, 0.25) is 0 Å². The second kappa shape index (κ2) is 6.18. The standard InChI is InChI=1S/C22H25N3O4/c1-12(2)11-16-18-17(13-7-4-5-8-14(13)23-18)19(29-3)22(28)21(27)24-10-6-9-15(24)20(26)25(16)22/h4-5,7-8,11,15-16,19,23,28H,6,9-10H2,1-3H3/t15-,16-,19-,22-/m0/s1. The second-order valence-electron chi connectivity index (χ2n) is 8.39. The summed E-state index contributed by atoms with van der Waals surface area (Å²) in [6, 6.07) is 6.65. The lowest BCUT2D eigenvalue weighted by molar-refractivity contribution is -0.233. The Labute approximate surface area is 168 Å². The number of amides is 2. The molecular weight excluding hydrogens is 370 g/mol. The lowest BCUT2D eigenvalue weighted by atomic mass is 9.82. The highest BCUT2D eigenvalue weighted by atomic mass is 16.5. The van der Waals surface area contributed by atoms with Gasteiger partial charge in [0, 0.05) is 35.8 Å². The smallest absolute Gasteiger partial charge is 0.279 e. The third kappa shape index (κ3) is 2.25. The predicted molar refractivity (Wildman–Crippen MR) is 107 cm³/mol. The fourth-order valence-corrected chi connectivity index (χ4v) is 5.28. The number of allylic oxidation sites excluding steroid dienone is 1. The topological polar surface area (TPSA) is 85.9 Å². The number of aromatic amines is 1. The van der Waals surface area contributed by atoms with Crippen molar-refractivity contribution in [1.29, 1.82) is 0 Å². The number of ether oxygens (including phenoxy) is 1. The first-order chi connectivity index (χ1) is 13.9. The van der Waals surface area contributed by atoms with Gasteiger partial charge in [0.05, 0.1) is 6.04 Å². The minimum Gasteiger partial charge on any atom is -0.371 e. The van der Waals surface area contributed by atoms with Gasteiger partial charge >= 0.3 is 0 Å². The van der Waals surface area contributed by atoms with Gasteiger partial charge in [-0.05, 0) is 32.8 Å². The molecule has 0 unspecified atom stereocenters. The molecule has 2 amide bonds. The number of nitrogens with one attached hydrogen (secondary N) is 1. The molecule has 0 bridgehead atoms. The summed E-state index contributed by atoms with van der Waals surface area (Å²) >= 11 is 0. The Kier molecular flexibility index (Phi) is 3.92. The van der Waals surface area contributed by atoms with E-state index in [1.54, 1.807) is 0 Å². The summed E-state index contributed by atoms with van der Waals surface area (Å²) in [6.07, 6.45) is 2.33. The molecule has 29 heavy (non-hydrogen) atoms. The number of aromatic nitrogens is 1. The molecular formula is C22H25N3O4. The largest absolute Gasteiger partial charge is 0.371 e. The number of carbonyl (C=O) groups is 2. The number of nitrogens with zero attached hydrogens (tertiary/aromatic N) is 2. The van der Waals surface area contributed by atoms with E-state index in [0.29, 0.717) is 13.0 Å². The summed E-state index contributed by atoms with van der Waals surface area (Å²) in [4.78, 5) is 33.4. The van der Waals surface area contributed by atoms with Crippen LogP contribution in [0.5, 0.6) is 0 Å². The summed E-state index contributed by atoms with van der Waals surface area (Å²) in [6.45, 7) is 4.37. The maximum absolute atomic E-state index is 13.5. The van der Waals surface area contributed by atoms with Gasteiger partial charge in [0.25, 0.3) is 11.6 Å². The summed E-state index contributed by atoms with van der Waals surface area (Å²) in [5, 5.41) is 12.8. The number of hydrogen-bond donors (Lipinski definition) is 2. The number of carbonyl (C=O) groups excluding carboxylic acids is 2. The zero-order valence-electron chi connectivity index (χ0n) is 16.8. The van der Waals surface area contributed by atoms with Gasteiger partial charge in [0.1, 0.15) is 12.1 Å². The van der Waals surface area contributed by atoms with Gasteiger partial charge in [-0.25, -0.2) is 0 Å². The first kappa shape index (κ1) is 18.4. The number of methoxy groups -OCH3 is 1. The molecule has 5 rings (SSSR count). The van der Waals surface area contributed by atoms with Gasteiger partial charge in [-0.15, -0.1) is 0 Å². The van der Waals surface area contributed by atoms with Crippen molar-refractivity contribution >= 4 is 22.7 Å². The molecule has 1 aromatic heterocycles. The molecule has 3 aliphatic heterocycles. The van der Waals surface area contributed by atoms with Crippen LogP contribution in [0.25, 0.3) is 10.9 Å². The fourth-order valence-electron chi connectivity index (χ4n) is 5.28. The monoisotopic (exact) mass is 395 g/mol. The number of rotatable bonds is 2. The molecule has 0 radical (unpaired) electrons. The van der Waals surface area contributed by atoms with Crippen molar-refractivity contribution in [1.82, 2.24) is 14.8 Å². The van der Waals surface area contributed by atoms with Gasteiger partial charge in [-0.1, -0.05) is 29.8 Å². The number of benzene rings is 1. The zero-order chi connectivity index (χ0) is 20.5. The Morgan fingerprint density at radius 1 is 1.31 bits per heavy atom. The van der Waals surface area contributed by atoms with E-state index in [-0.39, 0.29) is 5.91 Å². The first-order valence-corrected chi connectivity index (χ1v) is 10.0. The number of para-hydroxylation sites is 1. The quantitative estimate of drug-likeness (QED) is 0.765. The summed E-state index contributed by atoms with van der Waals surface area (Å²) in [5.74, 6) is -0.673. The van der Waals surface area contributed by atoms with Gasteiger partial charge < -0.3 is 19.7 Å². The molecule has 3 aliphatic rings. The van der Waals surface area contributed by atoms with E-state index in [1.807, 2.05) is 44.2 Å². The number of fused-ring (bicyclic) bond motifs is 5. The molecule has 0 spiro atoms. The SMILES string of the molecule is CO[C@H]1c2c([nH]c3ccccc23)[C@H](C=C(C)C)N2C(=O)[C@@H]3CCCN3C(=O)[C@@]12O. The molecule has 4 atom stereocenters. The van der Waals surface area contributed by atoms with E-state index in [4.69, 9.17) is 4.74 Å². The van der Waals surface area contributed by atoms with Crippen molar-refractivity contribution in [2.45, 2.75) is 50.6 Å². The third-order valence-electron chi connectivity index (χ3n) is 6.42. The predicted octanol–water partition coefficient (Wildman–Crippen LogP) is 2.40. The van der Waals surface area contributed by atoms with Crippen molar-refractivity contribution < 1.29 is 19.4 Å². The maximum Gasteiger partial charge on any atom is 0.279 e. The van der Waals surface area contributed by atoms with Gasteiger partial charge in [-0.2, -0.15) is 0 Å². The van der Waals surface area contributed by atoms with E-state index < -0.39 is 29.8 Å². The summed E-state index contributed by atoms with van der Waals surface area (Å²) in [7, 11) is 1.47. The summed E-state index contributed by atoms with van der Waals surface area (Å²) < 4.78 is 5.75.